The molecule has 0 atom stereocenters. The number of benzene rings is 1. The van der Waals surface area contributed by atoms with Gasteiger partial charge in [-0.25, -0.2) is 23.5 Å². The summed E-state index contributed by atoms with van der Waals surface area (Å²) < 4.78 is 26.4. The van der Waals surface area contributed by atoms with Crippen molar-refractivity contribution in [3.05, 3.63) is 47.4 Å². The normalized spacial score (nSPS) is 13.8. The molecule has 1 aliphatic heterocycles. The molecule has 8 heteroatoms. The van der Waals surface area contributed by atoms with Crippen molar-refractivity contribution >= 4 is 17.5 Å². The van der Waals surface area contributed by atoms with Crippen molar-refractivity contribution in [3.63, 3.8) is 0 Å². The number of aromatic nitrogens is 2. The second-order valence-electron chi connectivity index (χ2n) is 5.91. The van der Waals surface area contributed by atoms with Crippen LogP contribution >= 0.6 is 0 Å². The summed E-state index contributed by atoms with van der Waals surface area (Å²) in [6, 6.07) is 4.26. The standard InChI is InChI=1S/C17H19F2N5O/c1-11-8-16(24-6-2-3-7-24)23-15(21-11)10-20-17(25)22-14-5-4-12(18)9-13(14)19/h4-5,8-9H,2-3,6-7,10H2,1H3,(H2,20,22,25). The van der Waals surface area contributed by atoms with Gasteiger partial charge in [-0.2, -0.15) is 0 Å². The van der Waals surface area contributed by atoms with Gasteiger partial charge in [-0.05, 0) is 31.9 Å². The topological polar surface area (TPSA) is 70.2 Å². The van der Waals surface area contributed by atoms with Crippen LogP contribution in [0.4, 0.5) is 25.1 Å². The molecule has 1 aromatic carbocycles. The van der Waals surface area contributed by atoms with E-state index in [-0.39, 0.29) is 12.2 Å². The molecule has 3 rings (SSSR count). The summed E-state index contributed by atoms with van der Waals surface area (Å²) in [4.78, 5) is 22.9. The van der Waals surface area contributed by atoms with Crippen molar-refractivity contribution in [2.45, 2.75) is 26.3 Å². The highest BCUT2D eigenvalue weighted by atomic mass is 19.1. The first-order chi connectivity index (χ1) is 12.0. The lowest BCUT2D eigenvalue weighted by molar-refractivity contribution is 0.251. The molecule has 25 heavy (non-hydrogen) atoms. The highest BCUT2D eigenvalue weighted by Crippen LogP contribution is 2.18. The maximum Gasteiger partial charge on any atom is 0.319 e. The Bertz CT molecular complexity index is 778. The smallest absolute Gasteiger partial charge is 0.319 e. The van der Waals surface area contributed by atoms with E-state index >= 15 is 0 Å². The summed E-state index contributed by atoms with van der Waals surface area (Å²) in [6.07, 6.45) is 2.28. The van der Waals surface area contributed by atoms with Crippen molar-refractivity contribution in [3.8, 4) is 0 Å². The average Bonchev–Trinajstić information content (AvgIpc) is 3.10. The zero-order valence-corrected chi connectivity index (χ0v) is 13.9. The maximum absolute atomic E-state index is 13.5. The number of carbonyl (C=O) groups excluding carboxylic acids is 1. The molecule has 0 saturated carbocycles. The Labute approximate surface area is 144 Å². The lowest BCUT2D eigenvalue weighted by atomic mass is 10.3. The van der Waals surface area contributed by atoms with Crippen LogP contribution in [0.5, 0.6) is 0 Å². The number of anilines is 2. The SMILES string of the molecule is Cc1cc(N2CCCC2)nc(CNC(=O)Nc2ccc(F)cc2F)n1. The first kappa shape index (κ1) is 17.1. The average molecular weight is 347 g/mol. The van der Waals surface area contributed by atoms with Crippen molar-refractivity contribution in [2.75, 3.05) is 23.3 Å². The summed E-state index contributed by atoms with van der Waals surface area (Å²) in [5, 5.41) is 4.91. The molecule has 1 saturated heterocycles. The van der Waals surface area contributed by atoms with E-state index in [0.717, 1.165) is 43.5 Å². The Balaban J connectivity index is 1.61. The van der Waals surface area contributed by atoms with E-state index in [1.165, 1.54) is 6.07 Å². The van der Waals surface area contributed by atoms with Crippen molar-refractivity contribution in [2.24, 2.45) is 0 Å². The molecule has 2 N–H and O–H groups in total. The third-order valence-electron chi connectivity index (χ3n) is 3.90. The van der Waals surface area contributed by atoms with Gasteiger partial charge >= 0.3 is 6.03 Å². The van der Waals surface area contributed by atoms with Crippen molar-refractivity contribution in [1.29, 1.82) is 0 Å². The minimum Gasteiger partial charge on any atom is -0.357 e. The molecule has 132 valence electrons. The molecular weight excluding hydrogens is 328 g/mol. The van der Waals surface area contributed by atoms with Crippen LogP contribution in [0.1, 0.15) is 24.4 Å². The van der Waals surface area contributed by atoms with E-state index in [4.69, 9.17) is 0 Å². The maximum atomic E-state index is 13.5. The molecule has 0 unspecified atom stereocenters. The van der Waals surface area contributed by atoms with Gasteiger partial charge in [-0.15, -0.1) is 0 Å². The largest absolute Gasteiger partial charge is 0.357 e. The zero-order chi connectivity index (χ0) is 17.8. The Morgan fingerprint density at radius 1 is 1.20 bits per heavy atom. The number of nitrogens with zero attached hydrogens (tertiary/aromatic N) is 3. The molecule has 1 fully saturated rings. The molecular formula is C17H19F2N5O. The number of carbonyl (C=O) groups is 1. The van der Waals surface area contributed by atoms with Gasteiger partial charge in [0, 0.05) is 30.9 Å². The summed E-state index contributed by atoms with van der Waals surface area (Å²) in [5.74, 6) is -0.201. The van der Waals surface area contributed by atoms with E-state index in [0.29, 0.717) is 11.9 Å². The van der Waals surface area contributed by atoms with Crippen LogP contribution in [0.3, 0.4) is 0 Å². The Morgan fingerprint density at radius 3 is 2.68 bits per heavy atom. The van der Waals surface area contributed by atoms with Gasteiger partial charge in [0.1, 0.15) is 23.3 Å². The fourth-order valence-corrected chi connectivity index (χ4v) is 2.72. The Morgan fingerprint density at radius 2 is 1.96 bits per heavy atom. The quantitative estimate of drug-likeness (QED) is 0.892. The lowest BCUT2D eigenvalue weighted by Crippen LogP contribution is -2.30. The van der Waals surface area contributed by atoms with E-state index < -0.39 is 17.7 Å². The Kier molecular flexibility index (Phi) is 5.06. The van der Waals surface area contributed by atoms with E-state index in [1.807, 2.05) is 13.0 Å². The van der Waals surface area contributed by atoms with Crippen molar-refractivity contribution in [1.82, 2.24) is 15.3 Å². The predicted octanol–water partition coefficient (Wildman–Crippen LogP) is 2.99. The molecule has 1 aliphatic rings. The summed E-state index contributed by atoms with van der Waals surface area (Å²) >= 11 is 0. The molecule has 0 aliphatic carbocycles. The van der Waals surface area contributed by atoms with Gasteiger partial charge in [-0.3, -0.25) is 0 Å². The van der Waals surface area contributed by atoms with Crippen molar-refractivity contribution < 1.29 is 13.6 Å². The number of urea groups is 1. The number of aryl methyl sites for hydroxylation is 1. The summed E-state index contributed by atoms with van der Waals surface area (Å²) in [7, 11) is 0. The highest BCUT2D eigenvalue weighted by Gasteiger charge is 2.15. The Hall–Kier alpha value is -2.77. The van der Waals surface area contributed by atoms with Crippen LogP contribution in [0.15, 0.2) is 24.3 Å². The van der Waals surface area contributed by atoms with Crippen LogP contribution in [0.25, 0.3) is 0 Å². The molecule has 0 bridgehead atoms. The number of rotatable bonds is 4. The second kappa shape index (κ2) is 7.42. The van der Waals surface area contributed by atoms with Gasteiger partial charge < -0.3 is 15.5 Å². The third-order valence-corrected chi connectivity index (χ3v) is 3.90. The van der Waals surface area contributed by atoms with Gasteiger partial charge in [0.2, 0.25) is 0 Å². The van der Waals surface area contributed by atoms with Crippen LogP contribution < -0.4 is 15.5 Å². The van der Waals surface area contributed by atoms with Gasteiger partial charge in [0.15, 0.2) is 0 Å². The zero-order valence-electron chi connectivity index (χ0n) is 13.9. The summed E-state index contributed by atoms with van der Waals surface area (Å²) in [6.45, 7) is 3.91. The van der Waals surface area contributed by atoms with Crippen LogP contribution in [-0.2, 0) is 6.54 Å². The fraction of sp³-hybridized carbons (Fsp3) is 0.353. The highest BCUT2D eigenvalue weighted by molar-refractivity contribution is 5.89. The van der Waals surface area contributed by atoms with E-state index in [1.54, 1.807) is 0 Å². The van der Waals surface area contributed by atoms with Gasteiger partial charge in [-0.1, -0.05) is 0 Å². The van der Waals surface area contributed by atoms with Crippen LogP contribution in [0.2, 0.25) is 0 Å². The molecule has 2 aromatic rings. The number of halogens is 2. The molecule has 2 heterocycles. The molecule has 6 nitrogen and oxygen atoms in total. The third kappa shape index (κ3) is 4.40. The molecule has 1 aromatic heterocycles. The minimum atomic E-state index is -0.835. The monoisotopic (exact) mass is 347 g/mol. The number of hydrogen-bond acceptors (Lipinski definition) is 4. The predicted molar refractivity (Wildman–Crippen MR) is 90.4 cm³/mol. The lowest BCUT2D eigenvalue weighted by Gasteiger charge is -2.17. The second-order valence-corrected chi connectivity index (χ2v) is 5.91. The van der Waals surface area contributed by atoms with Gasteiger partial charge in [0.05, 0.1) is 12.2 Å². The first-order valence-corrected chi connectivity index (χ1v) is 8.11. The van der Waals surface area contributed by atoms with Gasteiger partial charge in [0.25, 0.3) is 0 Å². The number of amides is 2. The molecule has 0 spiro atoms. The van der Waals surface area contributed by atoms with Crippen LogP contribution in [0, 0.1) is 18.6 Å². The van der Waals surface area contributed by atoms with Crippen LogP contribution in [-0.4, -0.2) is 29.1 Å². The van der Waals surface area contributed by atoms with E-state index in [9.17, 15) is 13.6 Å². The molecule has 0 radical (unpaired) electrons. The first-order valence-electron chi connectivity index (χ1n) is 8.11. The summed E-state index contributed by atoms with van der Waals surface area (Å²) in [5.41, 5.74) is 0.723. The van der Waals surface area contributed by atoms with E-state index in [2.05, 4.69) is 25.5 Å². The number of nitrogens with one attached hydrogen (secondary N) is 2. The fourth-order valence-electron chi connectivity index (χ4n) is 2.72. The number of hydrogen-bond donors (Lipinski definition) is 2. The minimum absolute atomic E-state index is 0.0955. The molecule has 2 amide bonds.